The Morgan fingerprint density at radius 3 is 2.74 bits per heavy atom. The van der Waals surface area contributed by atoms with Crippen molar-refractivity contribution in [2.45, 2.75) is 13.0 Å². The minimum Gasteiger partial charge on any atom is -0.379 e. The van der Waals surface area contributed by atoms with Gasteiger partial charge in [-0.25, -0.2) is 13.9 Å². The van der Waals surface area contributed by atoms with Crippen molar-refractivity contribution >= 4 is 22.2 Å². The van der Waals surface area contributed by atoms with Crippen LogP contribution in [0.3, 0.4) is 0 Å². The number of hydrogen-bond donors (Lipinski definition) is 0. The molecule has 6 rings (SSSR count). The number of nitrogens with zero attached hydrogens (tertiary/aromatic N) is 6. The lowest BCUT2D eigenvalue weighted by Crippen LogP contribution is -2.61. The molecule has 0 amide bonds. The molecule has 4 aromatic rings. The summed E-state index contributed by atoms with van der Waals surface area (Å²) in [5.41, 5.74) is 4.96. The molecule has 0 saturated carbocycles. The highest BCUT2D eigenvalue weighted by molar-refractivity contribution is 5.98. The van der Waals surface area contributed by atoms with Crippen LogP contribution in [0.25, 0.3) is 27.7 Å². The Morgan fingerprint density at radius 2 is 1.90 bits per heavy atom. The average Bonchev–Trinajstić information content (AvgIpc) is 3.17. The third-order valence-electron chi connectivity index (χ3n) is 6.44. The van der Waals surface area contributed by atoms with E-state index < -0.39 is 0 Å². The van der Waals surface area contributed by atoms with Gasteiger partial charge in [-0.15, -0.1) is 0 Å². The molecule has 0 bridgehead atoms. The molecule has 7 nitrogen and oxygen atoms in total. The van der Waals surface area contributed by atoms with Gasteiger partial charge in [0.15, 0.2) is 5.65 Å². The fourth-order valence-corrected chi connectivity index (χ4v) is 4.57. The standard InChI is InChI=1S/C23H23FN6O/c1-15-8-19-18(2-3-25-22(19)9-21(15)24)20-11-27-30-14-16(10-26-23(20)30)29-12-17(13-29)28-4-6-31-7-5-28/h2-3,8-11,14,17H,4-7,12-13H2,1H3. The summed E-state index contributed by atoms with van der Waals surface area (Å²) in [6.07, 6.45) is 7.49. The maximum Gasteiger partial charge on any atom is 0.162 e. The van der Waals surface area contributed by atoms with Crippen LogP contribution in [0.5, 0.6) is 0 Å². The third-order valence-corrected chi connectivity index (χ3v) is 6.44. The molecule has 3 aromatic heterocycles. The molecule has 0 atom stereocenters. The molecule has 0 radical (unpaired) electrons. The molecule has 8 heteroatoms. The highest BCUT2D eigenvalue weighted by Crippen LogP contribution is 2.32. The van der Waals surface area contributed by atoms with Crippen molar-refractivity contribution in [2.24, 2.45) is 0 Å². The van der Waals surface area contributed by atoms with E-state index in [9.17, 15) is 4.39 Å². The van der Waals surface area contributed by atoms with Crippen LogP contribution in [0.2, 0.25) is 0 Å². The van der Waals surface area contributed by atoms with E-state index >= 15 is 0 Å². The number of aromatic nitrogens is 4. The van der Waals surface area contributed by atoms with Crippen LogP contribution in [-0.4, -0.2) is 69.9 Å². The quantitative estimate of drug-likeness (QED) is 0.510. The second kappa shape index (κ2) is 7.25. The summed E-state index contributed by atoms with van der Waals surface area (Å²) in [5.74, 6) is -0.246. The molecular weight excluding hydrogens is 395 g/mol. The molecular formula is C23H23FN6O. The molecule has 0 spiro atoms. The Labute approximate surface area is 179 Å². The van der Waals surface area contributed by atoms with Gasteiger partial charge in [0.2, 0.25) is 0 Å². The maximum atomic E-state index is 14.0. The van der Waals surface area contributed by atoms with Crippen molar-refractivity contribution in [2.75, 3.05) is 44.3 Å². The SMILES string of the molecule is Cc1cc2c(-c3cnn4cc(N5CC(N6CCOCC6)C5)cnc34)ccnc2cc1F. The number of ether oxygens (including phenoxy) is 1. The number of fused-ring (bicyclic) bond motifs is 2. The van der Waals surface area contributed by atoms with Crippen LogP contribution >= 0.6 is 0 Å². The zero-order valence-corrected chi connectivity index (χ0v) is 17.3. The minimum atomic E-state index is -0.246. The van der Waals surface area contributed by atoms with E-state index in [1.807, 2.05) is 35.2 Å². The zero-order valence-electron chi connectivity index (χ0n) is 17.3. The number of benzene rings is 1. The van der Waals surface area contributed by atoms with Crippen molar-refractivity contribution in [1.82, 2.24) is 24.5 Å². The number of pyridine rings is 1. The van der Waals surface area contributed by atoms with Crippen LogP contribution in [0.1, 0.15) is 5.56 Å². The maximum absolute atomic E-state index is 14.0. The first-order chi connectivity index (χ1) is 15.2. The van der Waals surface area contributed by atoms with Crippen LogP contribution in [-0.2, 0) is 4.74 Å². The smallest absolute Gasteiger partial charge is 0.162 e. The van der Waals surface area contributed by atoms with Gasteiger partial charge in [-0.3, -0.25) is 9.88 Å². The summed E-state index contributed by atoms with van der Waals surface area (Å²) >= 11 is 0. The van der Waals surface area contributed by atoms with Gasteiger partial charge in [-0.1, -0.05) is 0 Å². The normalized spacial score (nSPS) is 18.1. The highest BCUT2D eigenvalue weighted by Gasteiger charge is 2.33. The first kappa shape index (κ1) is 18.7. The van der Waals surface area contributed by atoms with Gasteiger partial charge in [-0.05, 0) is 30.2 Å². The average molecular weight is 418 g/mol. The molecule has 2 aliphatic heterocycles. The molecule has 0 unspecified atom stereocenters. The van der Waals surface area contributed by atoms with Crippen LogP contribution in [0.4, 0.5) is 10.1 Å². The Morgan fingerprint density at radius 1 is 1.06 bits per heavy atom. The molecule has 2 saturated heterocycles. The summed E-state index contributed by atoms with van der Waals surface area (Å²) in [5, 5.41) is 5.46. The van der Waals surface area contributed by atoms with E-state index in [0.29, 0.717) is 17.1 Å². The van der Waals surface area contributed by atoms with Crippen molar-refractivity contribution in [1.29, 1.82) is 0 Å². The largest absolute Gasteiger partial charge is 0.379 e. The molecule has 158 valence electrons. The van der Waals surface area contributed by atoms with E-state index in [4.69, 9.17) is 9.72 Å². The van der Waals surface area contributed by atoms with E-state index in [1.54, 1.807) is 13.1 Å². The number of halogens is 1. The number of rotatable bonds is 3. The number of aryl methyl sites for hydroxylation is 1. The molecule has 2 fully saturated rings. The Hall–Kier alpha value is -3.10. The van der Waals surface area contributed by atoms with Crippen molar-refractivity contribution < 1.29 is 9.13 Å². The van der Waals surface area contributed by atoms with Gasteiger partial charge in [0.05, 0.1) is 43.0 Å². The molecule has 0 N–H and O–H groups in total. The minimum absolute atomic E-state index is 0.246. The predicted molar refractivity (Wildman–Crippen MR) is 117 cm³/mol. The van der Waals surface area contributed by atoms with E-state index in [0.717, 1.165) is 67.2 Å². The van der Waals surface area contributed by atoms with Crippen LogP contribution in [0, 0.1) is 12.7 Å². The van der Waals surface area contributed by atoms with Gasteiger partial charge >= 0.3 is 0 Å². The highest BCUT2D eigenvalue weighted by atomic mass is 19.1. The Bertz CT molecular complexity index is 1280. The summed E-state index contributed by atoms with van der Waals surface area (Å²) in [6, 6.07) is 5.85. The van der Waals surface area contributed by atoms with Crippen LogP contribution in [0.15, 0.2) is 43.0 Å². The van der Waals surface area contributed by atoms with Gasteiger partial charge in [0.25, 0.3) is 0 Å². The molecule has 2 aliphatic rings. The Balaban J connectivity index is 1.30. The lowest BCUT2D eigenvalue weighted by Gasteiger charge is -2.47. The number of hydrogen-bond acceptors (Lipinski definition) is 6. The second-order valence-corrected chi connectivity index (χ2v) is 8.32. The fourth-order valence-electron chi connectivity index (χ4n) is 4.57. The van der Waals surface area contributed by atoms with Crippen molar-refractivity contribution in [3.63, 3.8) is 0 Å². The molecule has 31 heavy (non-hydrogen) atoms. The first-order valence-electron chi connectivity index (χ1n) is 10.6. The van der Waals surface area contributed by atoms with Gasteiger partial charge in [0.1, 0.15) is 5.82 Å². The number of morpholine rings is 1. The van der Waals surface area contributed by atoms with E-state index in [-0.39, 0.29) is 5.82 Å². The first-order valence-corrected chi connectivity index (χ1v) is 10.6. The van der Waals surface area contributed by atoms with Crippen molar-refractivity contribution in [3.8, 4) is 11.1 Å². The number of anilines is 1. The van der Waals surface area contributed by atoms with E-state index in [2.05, 4.69) is 19.9 Å². The lowest BCUT2D eigenvalue weighted by atomic mass is 10.0. The third kappa shape index (κ3) is 3.14. The van der Waals surface area contributed by atoms with Gasteiger partial charge in [0, 0.05) is 55.4 Å². The monoisotopic (exact) mass is 418 g/mol. The zero-order chi connectivity index (χ0) is 20.9. The topological polar surface area (TPSA) is 58.8 Å². The van der Waals surface area contributed by atoms with Crippen molar-refractivity contribution in [3.05, 3.63) is 54.4 Å². The van der Waals surface area contributed by atoms with Crippen LogP contribution < -0.4 is 4.90 Å². The van der Waals surface area contributed by atoms with Gasteiger partial charge in [-0.2, -0.15) is 5.10 Å². The molecule has 5 heterocycles. The summed E-state index contributed by atoms with van der Waals surface area (Å²) in [6.45, 7) is 7.46. The molecule has 1 aromatic carbocycles. The second-order valence-electron chi connectivity index (χ2n) is 8.32. The summed E-state index contributed by atoms with van der Waals surface area (Å²) in [7, 11) is 0. The Kier molecular flexibility index (Phi) is 4.36. The summed E-state index contributed by atoms with van der Waals surface area (Å²) in [4.78, 5) is 13.9. The molecule has 0 aliphatic carbocycles. The predicted octanol–water partition coefficient (Wildman–Crippen LogP) is 2.91. The van der Waals surface area contributed by atoms with Gasteiger partial charge < -0.3 is 9.64 Å². The fraction of sp³-hybridized carbons (Fsp3) is 0.348. The summed E-state index contributed by atoms with van der Waals surface area (Å²) < 4.78 is 21.3. The van der Waals surface area contributed by atoms with E-state index in [1.165, 1.54) is 6.07 Å². The lowest BCUT2D eigenvalue weighted by molar-refractivity contribution is 0.0105.